The van der Waals surface area contributed by atoms with Gasteiger partial charge in [-0.2, -0.15) is 5.10 Å². The second-order valence-electron chi connectivity index (χ2n) is 6.86. The van der Waals surface area contributed by atoms with Crippen LogP contribution in [0.4, 0.5) is 4.39 Å². The molecule has 2 N–H and O–H groups in total. The summed E-state index contributed by atoms with van der Waals surface area (Å²) >= 11 is 0. The Hall–Kier alpha value is -3.80. The number of hydrogen-bond acceptors (Lipinski definition) is 4. The maximum atomic E-state index is 13.3. The van der Waals surface area contributed by atoms with Crippen molar-refractivity contribution in [2.45, 2.75) is 13.8 Å². The Morgan fingerprint density at radius 1 is 1.00 bits per heavy atom. The predicted molar refractivity (Wildman–Crippen MR) is 109 cm³/mol. The second-order valence-corrected chi connectivity index (χ2v) is 6.86. The SMILES string of the molecule is Cc1cc(F)ccc1Oc1nncc2cc(-c3cc(C(N)=O)ccc3C)ccc12. The average molecular weight is 387 g/mol. The molecule has 0 saturated heterocycles. The highest BCUT2D eigenvalue weighted by molar-refractivity contribution is 5.95. The molecule has 144 valence electrons. The van der Waals surface area contributed by atoms with Crippen LogP contribution < -0.4 is 10.5 Å². The van der Waals surface area contributed by atoms with Crippen LogP contribution in [0.3, 0.4) is 0 Å². The largest absolute Gasteiger partial charge is 0.437 e. The fourth-order valence-electron chi connectivity index (χ4n) is 3.22. The molecule has 4 rings (SSSR count). The molecule has 0 aliphatic rings. The van der Waals surface area contributed by atoms with Gasteiger partial charge in [0.1, 0.15) is 11.6 Å². The van der Waals surface area contributed by atoms with Crippen LogP contribution in [0.15, 0.2) is 60.8 Å². The van der Waals surface area contributed by atoms with Crippen LogP contribution in [0.2, 0.25) is 0 Å². The average Bonchev–Trinajstić information content (AvgIpc) is 2.70. The molecule has 0 unspecified atom stereocenters. The van der Waals surface area contributed by atoms with E-state index in [2.05, 4.69) is 10.2 Å². The van der Waals surface area contributed by atoms with Gasteiger partial charge in [0.15, 0.2) is 0 Å². The van der Waals surface area contributed by atoms with Crippen molar-refractivity contribution in [3.8, 4) is 22.8 Å². The number of nitrogens with zero attached hydrogens (tertiary/aromatic N) is 2. The van der Waals surface area contributed by atoms with Gasteiger partial charge in [0.2, 0.25) is 11.8 Å². The first kappa shape index (κ1) is 18.6. The molecule has 0 radical (unpaired) electrons. The summed E-state index contributed by atoms with van der Waals surface area (Å²) in [4.78, 5) is 11.5. The van der Waals surface area contributed by atoms with Crippen LogP contribution >= 0.6 is 0 Å². The molecule has 0 aliphatic heterocycles. The maximum absolute atomic E-state index is 13.3. The summed E-state index contributed by atoms with van der Waals surface area (Å²) < 4.78 is 19.2. The predicted octanol–water partition coefficient (Wildman–Crippen LogP) is 4.94. The van der Waals surface area contributed by atoms with Crippen LogP contribution in [0.25, 0.3) is 21.9 Å². The number of fused-ring (bicyclic) bond motifs is 1. The van der Waals surface area contributed by atoms with Crippen LogP contribution in [0, 0.1) is 19.7 Å². The molecule has 0 atom stereocenters. The van der Waals surface area contributed by atoms with Crippen molar-refractivity contribution in [3.63, 3.8) is 0 Å². The van der Waals surface area contributed by atoms with E-state index in [0.717, 1.165) is 27.5 Å². The number of carbonyl (C=O) groups is 1. The molecule has 4 aromatic rings. The van der Waals surface area contributed by atoms with Crippen molar-refractivity contribution < 1.29 is 13.9 Å². The third-order valence-electron chi connectivity index (χ3n) is 4.80. The van der Waals surface area contributed by atoms with Gasteiger partial charge >= 0.3 is 0 Å². The van der Waals surface area contributed by atoms with Gasteiger partial charge in [-0.05, 0) is 78.6 Å². The van der Waals surface area contributed by atoms with Crippen LogP contribution in [-0.4, -0.2) is 16.1 Å². The zero-order chi connectivity index (χ0) is 20.5. The molecule has 0 fully saturated rings. The summed E-state index contributed by atoms with van der Waals surface area (Å²) in [5.74, 6) is 0.0639. The fraction of sp³-hybridized carbons (Fsp3) is 0.0870. The van der Waals surface area contributed by atoms with E-state index in [-0.39, 0.29) is 5.82 Å². The number of primary amides is 1. The molecular formula is C23H18FN3O2. The Morgan fingerprint density at radius 2 is 1.83 bits per heavy atom. The highest BCUT2D eigenvalue weighted by Gasteiger charge is 2.12. The Balaban J connectivity index is 1.77. The number of nitrogens with two attached hydrogens (primary N) is 1. The molecular weight excluding hydrogens is 369 g/mol. The topological polar surface area (TPSA) is 78.1 Å². The van der Waals surface area contributed by atoms with E-state index >= 15 is 0 Å². The standard InChI is InChI=1S/C23H18FN3O2/c1-13-3-4-16(22(25)28)11-20(13)15-5-7-19-17(10-15)12-26-27-23(19)29-21-8-6-18(24)9-14(21)2/h3-12H,1-2H3,(H2,25,28). The molecule has 0 aliphatic carbocycles. The number of ether oxygens (including phenoxy) is 1. The number of benzene rings is 3. The van der Waals surface area contributed by atoms with Crippen molar-refractivity contribution >= 4 is 16.7 Å². The number of hydrogen-bond donors (Lipinski definition) is 1. The first-order valence-electron chi connectivity index (χ1n) is 9.02. The van der Waals surface area contributed by atoms with Gasteiger partial charge in [-0.25, -0.2) is 4.39 Å². The Bertz CT molecular complexity index is 1250. The highest BCUT2D eigenvalue weighted by Crippen LogP contribution is 2.33. The smallest absolute Gasteiger partial charge is 0.248 e. The van der Waals surface area contributed by atoms with E-state index in [1.165, 1.54) is 12.1 Å². The van der Waals surface area contributed by atoms with Gasteiger partial charge in [0.05, 0.1) is 6.20 Å². The molecule has 1 amide bonds. The van der Waals surface area contributed by atoms with Gasteiger partial charge in [-0.3, -0.25) is 4.79 Å². The molecule has 0 spiro atoms. The molecule has 6 heteroatoms. The first-order chi connectivity index (χ1) is 13.9. The monoisotopic (exact) mass is 387 g/mol. The molecule has 0 saturated carbocycles. The number of aryl methyl sites for hydroxylation is 2. The molecule has 1 aromatic heterocycles. The third kappa shape index (κ3) is 3.65. The fourth-order valence-corrected chi connectivity index (χ4v) is 3.22. The zero-order valence-electron chi connectivity index (χ0n) is 15.9. The van der Waals surface area contributed by atoms with E-state index in [1.54, 1.807) is 31.3 Å². The minimum atomic E-state index is -0.469. The van der Waals surface area contributed by atoms with Gasteiger partial charge in [-0.15, -0.1) is 5.10 Å². The lowest BCUT2D eigenvalue weighted by Gasteiger charge is -2.12. The lowest BCUT2D eigenvalue weighted by molar-refractivity contribution is 0.100. The van der Waals surface area contributed by atoms with E-state index in [0.29, 0.717) is 22.8 Å². The van der Waals surface area contributed by atoms with Gasteiger partial charge in [-0.1, -0.05) is 12.1 Å². The maximum Gasteiger partial charge on any atom is 0.248 e. The van der Waals surface area contributed by atoms with Gasteiger partial charge in [0.25, 0.3) is 0 Å². The zero-order valence-corrected chi connectivity index (χ0v) is 15.9. The summed E-state index contributed by atoms with van der Waals surface area (Å²) in [7, 11) is 0. The number of rotatable bonds is 4. The Morgan fingerprint density at radius 3 is 2.59 bits per heavy atom. The normalized spacial score (nSPS) is 10.9. The summed E-state index contributed by atoms with van der Waals surface area (Å²) in [5.41, 5.74) is 9.40. The van der Waals surface area contributed by atoms with Crippen LogP contribution in [-0.2, 0) is 0 Å². The number of carbonyl (C=O) groups excluding carboxylic acids is 1. The third-order valence-corrected chi connectivity index (χ3v) is 4.80. The molecule has 0 bridgehead atoms. The van der Waals surface area contributed by atoms with Crippen LogP contribution in [0.5, 0.6) is 11.6 Å². The van der Waals surface area contributed by atoms with E-state index in [1.807, 2.05) is 31.2 Å². The van der Waals surface area contributed by atoms with Gasteiger partial charge < -0.3 is 10.5 Å². The second kappa shape index (κ2) is 7.31. The minimum absolute atomic E-state index is 0.322. The summed E-state index contributed by atoms with van der Waals surface area (Å²) in [6, 6.07) is 15.5. The quantitative estimate of drug-likeness (QED) is 0.538. The highest BCUT2D eigenvalue weighted by atomic mass is 19.1. The lowest BCUT2D eigenvalue weighted by Crippen LogP contribution is -2.10. The van der Waals surface area contributed by atoms with Crippen molar-refractivity contribution in [2.24, 2.45) is 5.73 Å². The molecule has 29 heavy (non-hydrogen) atoms. The van der Waals surface area contributed by atoms with E-state index in [4.69, 9.17) is 10.5 Å². The molecule has 3 aromatic carbocycles. The van der Waals surface area contributed by atoms with Gasteiger partial charge in [0, 0.05) is 16.3 Å². The number of aromatic nitrogens is 2. The van der Waals surface area contributed by atoms with Crippen molar-refractivity contribution in [2.75, 3.05) is 0 Å². The molecule has 1 heterocycles. The Kier molecular flexibility index (Phi) is 4.68. The van der Waals surface area contributed by atoms with Crippen molar-refractivity contribution in [1.82, 2.24) is 10.2 Å². The molecule has 5 nitrogen and oxygen atoms in total. The summed E-state index contributed by atoms with van der Waals surface area (Å²) in [6.45, 7) is 3.74. The van der Waals surface area contributed by atoms with Crippen LogP contribution in [0.1, 0.15) is 21.5 Å². The van der Waals surface area contributed by atoms with E-state index < -0.39 is 5.91 Å². The number of amides is 1. The summed E-state index contributed by atoms with van der Waals surface area (Å²) in [6.07, 6.45) is 1.65. The minimum Gasteiger partial charge on any atom is -0.437 e. The Labute approximate surface area is 167 Å². The van der Waals surface area contributed by atoms with E-state index in [9.17, 15) is 9.18 Å². The first-order valence-corrected chi connectivity index (χ1v) is 9.02. The lowest BCUT2D eigenvalue weighted by atomic mass is 9.96. The number of halogens is 1. The van der Waals surface area contributed by atoms with Crippen molar-refractivity contribution in [3.05, 3.63) is 83.3 Å². The van der Waals surface area contributed by atoms with Crippen molar-refractivity contribution in [1.29, 1.82) is 0 Å². The summed E-state index contributed by atoms with van der Waals surface area (Å²) in [5, 5.41) is 9.74.